The topological polar surface area (TPSA) is 60.0 Å². The average Bonchev–Trinajstić information content (AvgIpc) is 3.06. The van der Waals surface area contributed by atoms with E-state index in [2.05, 4.69) is 34.0 Å². The maximum atomic E-state index is 5.64. The highest BCUT2D eigenvalue weighted by molar-refractivity contribution is 5.13. The van der Waals surface area contributed by atoms with Gasteiger partial charge in [-0.25, -0.2) is 4.68 Å². The van der Waals surface area contributed by atoms with Gasteiger partial charge in [-0.2, -0.15) is 0 Å². The van der Waals surface area contributed by atoms with Crippen LogP contribution in [0.4, 0.5) is 0 Å². The number of hydrogen-bond acceptors (Lipinski definition) is 4. The van der Waals surface area contributed by atoms with Crippen molar-refractivity contribution in [2.45, 2.75) is 38.6 Å². The third-order valence-electron chi connectivity index (χ3n) is 3.45. The van der Waals surface area contributed by atoms with Crippen LogP contribution in [0, 0.1) is 5.92 Å². The van der Waals surface area contributed by atoms with E-state index >= 15 is 0 Å². The van der Waals surface area contributed by atoms with Crippen LogP contribution in [-0.2, 0) is 19.4 Å². The molecular formula is C13H25N5. The van der Waals surface area contributed by atoms with E-state index in [0.717, 1.165) is 44.0 Å². The Hall–Kier alpha value is -0.940. The molecule has 1 aliphatic carbocycles. The lowest BCUT2D eigenvalue weighted by atomic mass is 10.1. The summed E-state index contributed by atoms with van der Waals surface area (Å²) >= 11 is 0. The zero-order chi connectivity index (χ0) is 13.0. The second-order valence-electron chi connectivity index (χ2n) is 5.55. The lowest BCUT2D eigenvalue weighted by Crippen LogP contribution is -2.17. The maximum Gasteiger partial charge on any atom is 0.0871 e. The van der Waals surface area contributed by atoms with Gasteiger partial charge in [-0.05, 0) is 58.8 Å². The standard InChI is InChI=1S/C13H25N5/c1-17(2)8-3-9-18-13(10-11-4-5-11)12(6-7-14)15-16-18/h11H,3-10,14H2,1-2H3. The van der Waals surface area contributed by atoms with Gasteiger partial charge in [0.05, 0.1) is 11.4 Å². The molecule has 1 heterocycles. The van der Waals surface area contributed by atoms with Gasteiger partial charge in [0.25, 0.3) is 0 Å². The van der Waals surface area contributed by atoms with Crippen LogP contribution < -0.4 is 5.73 Å². The molecule has 0 spiro atoms. The van der Waals surface area contributed by atoms with Gasteiger partial charge in [0.1, 0.15) is 0 Å². The lowest BCUT2D eigenvalue weighted by molar-refractivity contribution is 0.376. The molecule has 0 aliphatic heterocycles. The predicted molar refractivity (Wildman–Crippen MR) is 72.4 cm³/mol. The maximum absolute atomic E-state index is 5.64. The predicted octanol–water partition coefficient (Wildman–Crippen LogP) is 0.683. The smallest absolute Gasteiger partial charge is 0.0871 e. The molecule has 5 heteroatoms. The number of nitrogens with zero attached hydrogens (tertiary/aromatic N) is 4. The van der Waals surface area contributed by atoms with Crippen molar-refractivity contribution in [2.75, 3.05) is 27.2 Å². The zero-order valence-corrected chi connectivity index (χ0v) is 11.6. The molecular weight excluding hydrogens is 226 g/mol. The molecule has 5 nitrogen and oxygen atoms in total. The molecule has 2 rings (SSSR count). The molecule has 1 fully saturated rings. The summed E-state index contributed by atoms with van der Waals surface area (Å²) in [7, 11) is 4.21. The van der Waals surface area contributed by atoms with Gasteiger partial charge >= 0.3 is 0 Å². The molecule has 0 bridgehead atoms. The van der Waals surface area contributed by atoms with Gasteiger partial charge in [-0.3, -0.25) is 0 Å². The fourth-order valence-corrected chi connectivity index (χ4v) is 2.23. The molecule has 1 aliphatic rings. The first-order valence-corrected chi connectivity index (χ1v) is 6.96. The fourth-order valence-electron chi connectivity index (χ4n) is 2.23. The van der Waals surface area contributed by atoms with E-state index in [9.17, 15) is 0 Å². The normalized spacial score (nSPS) is 15.6. The first-order valence-electron chi connectivity index (χ1n) is 6.96. The van der Waals surface area contributed by atoms with Crippen LogP contribution in [0.3, 0.4) is 0 Å². The van der Waals surface area contributed by atoms with Crippen LogP contribution in [0.2, 0.25) is 0 Å². The average molecular weight is 251 g/mol. The summed E-state index contributed by atoms with van der Waals surface area (Å²) in [5.41, 5.74) is 8.10. The van der Waals surface area contributed by atoms with E-state index in [1.54, 1.807) is 0 Å². The summed E-state index contributed by atoms with van der Waals surface area (Å²) in [5, 5.41) is 8.61. The van der Waals surface area contributed by atoms with Gasteiger partial charge in [0, 0.05) is 13.0 Å². The third-order valence-corrected chi connectivity index (χ3v) is 3.45. The molecule has 2 N–H and O–H groups in total. The molecule has 0 unspecified atom stereocenters. The van der Waals surface area contributed by atoms with Crippen molar-refractivity contribution in [3.8, 4) is 0 Å². The molecule has 18 heavy (non-hydrogen) atoms. The molecule has 1 aromatic rings. The molecule has 0 atom stereocenters. The Balaban J connectivity index is 1.98. The summed E-state index contributed by atoms with van der Waals surface area (Å²) in [6, 6.07) is 0. The monoisotopic (exact) mass is 251 g/mol. The third kappa shape index (κ3) is 3.78. The van der Waals surface area contributed by atoms with Gasteiger partial charge in [0.15, 0.2) is 0 Å². The molecule has 1 aromatic heterocycles. The van der Waals surface area contributed by atoms with Gasteiger partial charge in [-0.15, -0.1) is 5.10 Å². The quantitative estimate of drug-likeness (QED) is 0.738. The minimum atomic E-state index is 0.661. The molecule has 0 radical (unpaired) electrons. The largest absolute Gasteiger partial charge is 0.330 e. The van der Waals surface area contributed by atoms with Crippen LogP contribution >= 0.6 is 0 Å². The van der Waals surface area contributed by atoms with E-state index in [4.69, 9.17) is 5.73 Å². The van der Waals surface area contributed by atoms with E-state index in [0.29, 0.717) is 6.54 Å². The fraction of sp³-hybridized carbons (Fsp3) is 0.846. The summed E-state index contributed by atoms with van der Waals surface area (Å²) < 4.78 is 2.10. The SMILES string of the molecule is CN(C)CCCn1nnc(CCN)c1CC1CC1. The summed E-state index contributed by atoms with van der Waals surface area (Å²) in [6.07, 6.45) is 5.85. The van der Waals surface area contributed by atoms with Crippen LogP contribution in [0.5, 0.6) is 0 Å². The van der Waals surface area contributed by atoms with Gasteiger partial charge in [-0.1, -0.05) is 5.21 Å². The Morgan fingerprint density at radius 3 is 2.78 bits per heavy atom. The highest BCUT2D eigenvalue weighted by Gasteiger charge is 2.25. The number of aryl methyl sites for hydroxylation is 1. The Labute approximate surface area is 109 Å². The molecule has 102 valence electrons. The lowest BCUT2D eigenvalue weighted by Gasteiger charge is -2.11. The van der Waals surface area contributed by atoms with Crippen molar-refractivity contribution in [1.29, 1.82) is 0 Å². The van der Waals surface area contributed by atoms with Crippen LogP contribution in [0.1, 0.15) is 30.7 Å². The Morgan fingerprint density at radius 2 is 2.17 bits per heavy atom. The second-order valence-corrected chi connectivity index (χ2v) is 5.55. The molecule has 0 amide bonds. The number of hydrogen-bond donors (Lipinski definition) is 1. The van der Waals surface area contributed by atoms with Crippen molar-refractivity contribution >= 4 is 0 Å². The second kappa shape index (κ2) is 6.29. The Kier molecular flexibility index (Phi) is 4.72. The highest BCUT2D eigenvalue weighted by Crippen LogP contribution is 2.33. The van der Waals surface area contributed by atoms with E-state index in [1.165, 1.54) is 18.5 Å². The van der Waals surface area contributed by atoms with E-state index < -0.39 is 0 Å². The zero-order valence-electron chi connectivity index (χ0n) is 11.6. The van der Waals surface area contributed by atoms with Crippen LogP contribution in [0.25, 0.3) is 0 Å². The first kappa shape index (κ1) is 13.5. The first-order chi connectivity index (χ1) is 8.70. The van der Waals surface area contributed by atoms with Crippen molar-refractivity contribution in [1.82, 2.24) is 19.9 Å². The minimum absolute atomic E-state index is 0.661. The van der Waals surface area contributed by atoms with Crippen LogP contribution in [0.15, 0.2) is 0 Å². The number of nitrogens with two attached hydrogens (primary N) is 1. The highest BCUT2D eigenvalue weighted by atomic mass is 15.4. The minimum Gasteiger partial charge on any atom is -0.330 e. The molecule has 0 aromatic carbocycles. The van der Waals surface area contributed by atoms with E-state index in [1.807, 2.05) is 0 Å². The Bertz CT molecular complexity index is 367. The van der Waals surface area contributed by atoms with Crippen molar-refractivity contribution in [2.24, 2.45) is 11.7 Å². The molecule has 0 saturated heterocycles. The van der Waals surface area contributed by atoms with Gasteiger partial charge < -0.3 is 10.6 Å². The van der Waals surface area contributed by atoms with Crippen molar-refractivity contribution in [3.05, 3.63) is 11.4 Å². The van der Waals surface area contributed by atoms with E-state index in [-0.39, 0.29) is 0 Å². The summed E-state index contributed by atoms with van der Waals surface area (Å²) in [6.45, 7) is 2.72. The van der Waals surface area contributed by atoms with Crippen LogP contribution in [-0.4, -0.2) is 47.1 Å². The Morgan fingerprint density at radius 1 is 1.39 bits per heavy atom. The number of aromatic nitrogens is 3. The number of rotatable bonds is 8. The van der Waals surface area contributed by atoms with Crippen molar-refractivity contribution < 1.29 is 0 Å². The van der Waals surface area contributed by atoms with Crippen molar-refractivity contribution in [3.63, 3.8) is 0 Å². The summed E-state index contributed by atoms with van der Waals surface area (Å²) in [4.78, 5) is 2.21. The van der Waals surface area contributed by atoms with Gasteiger partial charge in [0.2, 0.25) is 0 Å². The summed E-state index contributed by atoms with van der Waals surface area (Å²) in [5.74, 6) is 0.868. The molecule has 1 saturated carbocycles.